The van der Waals surface area contributed by atoms with Crippen molar-refractivity contribution in [2.24, 2.45) is 0 Å². The lowest BCUT2D eigenvalue weighted by Crippen LogP contribution is -2.06. The first-order valence-electron chi connectivity index (χ1n) is 4.70. The second-order valence-electron chi connectivity index (χ2n) is 3.08. The smallest absolute Gasteiger partial charge is 0.416 e. The van der Waals surface area contributed by atoms with Crippen molar-refractivity contribution in [2.45, 2.75) is 25.9 Å². The van der Waals surface area contributed by atoms with Gasteiger partial charge in [-0.05, 0) is 12.5 Å². The Morgan fingerprint density at radius 3 is 2.73 bits per heavy atom. The Morgan fingerprint density at radius 1 is 1.40 bits per heavy atom. The fourth-order valence-electron chi connectivity index (χ4n) is 0.986. The van der Waals surface area contributed by atoms with Crippen molar-refractivity contribution in [3.63, 3.8) is 0 Å². The Kier molecular flexibility index (Phi) is 3.94. The van der Waals surface area contributed by atoms with Crippen molar-refractivity contribution in [3.05, 3.63) is 23.9 Å². The summed E-state index contributed by atoms with van der Waals surface area (Å²) in [5, 5.41) is 0. The van der Waals surface area contributed by atoms with Crippen molar-refractivity contribution < 1.29 is 17.9 Å². The largest absolute Gasteiger partial charge is 0.478 e. The van der Waals surface area contributed by atoms with Gasteiger partial charge in [0.1, 0.15) is 0 Å². The van der Waals surface area contributed by atoms with Crippen molar-refractivity contribution in [1.29, 1.82) is 0 Å². The van der Waals surface area contributed by atoms with Gasteiger partial charge in [-0.2, -0.15) is 13.2 Å². The molecular formula is C10H12F3NO. The van der Waals surface area contributed by atoms with Crippen LogP contribution in [0.5, 0.6) is 5.88 Å². The van der Waals surface area contributed by atoms with Gasteiger partial charge in [-0.15, -0.1) is 0 Å². The van der Waals surface area contributed by atoms with Crippen LogP contribution < -0.4 is 4.74 Å². The molecule has 0 saturated carbocycles. The molecule has 0 radical (unpaired) electrons. The van der Waals surface area contributed by atoms with E-state index in [2.05, 4.69) is 4.98 Å². The fourth-order valence-corrected chi connectivity index (χ4v) is 0.986. The molecule has 0 bridgehead atoms. The average Bonchev–Trinajstić information content (AvgIpc) is 2.17. The van der Waals surface area contributed by atoms with E-state index in [-0.39, 0.29) is 5.88 Å². The quantitative estimate of drug-likeness (QED) is 0.725. The Hall–Kier alpha value is -1.26. The zero-order chi connectivity index (χ0) is 11.3. The van der Waals surface area contributed by atoms with E-state index in [1.54, 1.807) is 0 Å². The zero-order valence-corrected chi connectivity index (χ0v) is 8.34. The minimum absolute atomic E-state index is 0.0262. The molecule has 84 valence electrons. The van der Waals surface area contributed by atoms with Crippen LogP contribution in [-0.2, 0) is 6.18 Å². The van der Waals surface area contributed by atoms with Gasteiger partial charge in [0.05, 0.1) is 12.2 Å². The summed E-state index contributed by atoms with van der Waals surface area (Å²) in [5.74, 6) is 0.0262. The monoisotopic (exact) mass is 219 g/mol. The summed E-state index contributed by atoms with van der Waals surface area (Å²) in [6.45, 7) is 2.37. The van der Waals surface area contributed by atoms with Crippen LogP contribution in [-0.4, -0.2) is 11.6 Å². The molecule has 0 aromatic carbocycles. The van der Waals surface area contributed by atoms with Crippen molar-refractivity contribution in [2.75, 3.05) is 6.61 Å². The minimum Gasteiger partial charge on any atom is -0.478 e. The third kappa shape index (κ3) is 3.77. The molecular weight excluding hydrogens is 207 g/mol. The molecule has 1 aromatic rings. The third-order valence-electron chi connectivity index (χ3n) is 1.81. The van der Waals surface area contributed by atoms with Crippen LogP contribution in [0.2, 0.25) is 0 Å². The molecule has 15 heavy (non-hydrogen) atoms. The number of nitrogens with zero attached hydrogens (tertiary/aromatic N) is 1. The Balaban J connectivity index is 2.66. The first-order chi connectivity index (χ1) is 7.04. The van der Waals surface area contributed by atoms with Crippen LogP contribution in [0.15, 0.2) is 18.3 Å². The van der Waals surface area contributed by atoms with Gasteiger partial charge in [-0.3, -0.25) is 0 Å². The number of alkyl halides is 3. The molecule has 0 N–H and O–H groups in total. The molecule has 2 nitrogen and oxygen atoms in total. The van der Waals surface area contributed by atoms with E-state index < -0.39 is 11.7 Å². The van der Waals surface area contributed by atoms with E-state index in [4.69, 9.17) is 4.74 Å². The SMILES string of the molecule is CCCCOc1cc(C(F)(F)F)ccn1. The Morgan fingerprint density at radius 2 is 2.13 bits per heavy atom. The molecule has 1 aromatic heterocycles. The van der Waals surface area contributed by atoms with Crippen LogP contribution in [0.25, 0.3) is 0 Å². The van der Waals surface area contributed by atoms with E-state index in [1.165, 1.54) is 0 Å². The first kappa shape index (κ1) is 11.8. The normalized spacial score (nSPS) is 11.5. The first-order valence-corrected chi connectivity index (χ1v) is 4.70. The second kappa shape index (κ2) is 5.00. The van der Waals surface area contributed by atoms with Crippen LogP contribution >= 0.6 is 0 Å². The maximum Gasteiger partial charge on any atom is 0.416 e. The number of aromatic nitrogens is 1. The molecule has 1 heterocycles. The van der Waals surface area contributed by atoms with Gasteiger partial charge < -0.3 is 4.74 Å². The van der Waals surface area contributed by atoms with Crippen LogP contribution in [0.3, 0.4) is 0 Å². The van der Waals surface area contributed by atoms with E-state index in [0.717, 1.165) is 31.2 Å². The van der Waals surface area contributed by atoms with Gasteiger partial charge in [0.15, 0.2) is 0 Å². The molecule has 0 unspecified atom stereocenters. The second-order valence-corrected chi connectivity index (χ2v) is 3.08. The molecule has 5 heteroatoms. The van der Waals surface area contributed by atoms with E-state index in [9.17, 15) is 13.2 Å². The molecule has 0 aliphatic rings. The van der Waals surface area contributed by atoms with E-state index in [1.807, 2.05) is 6.92 Å². The summed E-state index contributed by atoms with van der Waals surface area (Å²) in [4.78, 5) is 3.70. The Bertz CT molecular complexity index is 312. The van der Waals surface area contributed by atoms with Crippen LogP contribution in [0.1, 0.15) is 25.3 Å². The molecule has 0 saturated heterocycles. The summed E-state index contributed by atoms with van der Waals surface area (Å²) in [6, 6.07) is 1.84. The number of hydrogen-bond acceptors (Lipinski definition) is 2. The lowest BCUT2D eigenvalue weighted by molar-refractivity contribution is -0.137. The van der Waals surface area contributed by atoms with E-state index in [0.29, 0.717) is 6.61 Å². The fraction of sp³-hybridized carbons (Fsp3) is 0.500. The molecule has 0 amide bonds. The lowest BCUT2D eigenvalue weighted by Gasteiger charge is -2.08. The summed E-state index contributed by atoms with van der Waals surface area (Å²) >= 11 is 0. The predicted molar refractivity (Wildman–Crippen MR) is 49.6 cm³/mol. The number of rotatable bonds is 4. The molecule has 0 spiro atoms. The minimum atomic E-state index is -4.34. The summed E-state index contributed by atoms with van der Waals surface area (Å²) in [5.41, 5.74) is -0.732. The summed E-state index contributed by atoms with van der Waals surface area (Å²) in [6.07, 6.45) is -1.51. The van der Waals surface area contributed by atoms with Gasteiger partial charge in [-0.25, -0.2) is 4.98 Å². The van der Waals surface area contributed by atoms with Gasteiger partial charge in [-0.1, -0.05) is 13.3 Å². The van der Waals surface area contributed by atoms with Crippen LogP contribution in [0, 0.1) is 0 Å². The number of hydrogen-bond donors (Lipinski definition) is 0. The summed E-state index contributed by atoms with van der Waals surface area (Å²) in [7, 11) is 0. The molecule has 0 atom stereocenters. The standard InChI is InChI=1S/C10H12F3NO/c1-2-3-6-15-9-7-8(4-5-14-9)10(11,12)13/h4-5,7H,2-3,6H2,1H3. The van der Waals surface area contributed by atoms with E-state index >= 15 is 0 Å². The highest BCUT2D eigenvalue weighted by atomic mass is 19.4. The zero-order valence-electron chi connectivity index (χ0n) is 8.34. The van der Waals surface area contributed by atoms with Gasteiger partial charge in [0, 0.05) is 12.3 Å². The van der Waals surface area contributed by atoms with Gasteiger partial charge in [0.2, 0.25) is 5.88 Å². The summed E-state index contributed by atoms with van der Waals surface area (Å²) < 4.78 is 41.9. The van der Waals surface area contributed by atoms with Gasteiger partial charge in [0.25, 0.3) is 0 Å². The molecule has 0 fully saturated rings. The molecule has 0 aliphatic carbocycles. The lowest BCUT2D eigenvalue weighted by atomic mass is 10.2. The average molecular weight is 219 g/mol. The number of pyridine rings is 1. The topological polar surface area (TPSA) is 22.1 Å². The number of unbranched alkanes of at least 4 members (excludes halogenated alkanes) is 1. The van der Waals surface area contributed by atoms with Crippen molar-refractivity contribution >= 4 is 0 Å². The van der Waals surface area contributed by atoms with Crippen molar-refractivity contribution in [1.82, 2.24) is 4.98 Å². The highest BCUT2D eigenvalue weighted by Crippen LogP contribution is 2.30. The predicted octanol–water partition coefficient (Wildman–Crippen LogP) is 3.28. The molecule has 0 aliphatic heterocycles. The van der Waals surface area contributed by atoms with Gasteiger partial charge >= 0.3 is 6.18 Å². The highest BCUT2D eigenvalue weighted by molar-refractivity contribution is 5.22. The molecule has 1 rings (SSSR count). The number of ether oxygens (including phenoxy) is 1. The maximum atomic E-state index is 12.3. The third-order valence-corrected chi connectivity index (χ3v) is 1.81. The van der Waals surface area contributed by atoms with Crippen molar-refractivity contribution in [3.8, 4) is 5.88 Å². The maximum absolute atomic E-state index is 12.3. The number of halogens is 3. The highest BCUT2D eigenvalue weighted by Gasteiger charge is 2.30. The van der Waals surface area contributed by atoms with Crippen LogP contribution in [0.4, 0.5) is 13.2 Å². The Labute approximate surface area is 86.1 Å².